The number of fused-ring (bicyclic) bond motifs is 2. The van der Waals surface area contributed by atoms with E-state index in [4.69, 9.17) is 0 Å². The van der Waals surface area contributed by atoms with Gasteiger partial charge in [-0.2, -0.15) is 0 Å². The van der Waals surface area contributed by atoms with Crippen molar-refractivity contribution in [2.75, 3.05) is 0 Å². The summed E-state index contributed by atoms with van der Waals surface area (Å²) >= 11 is 0. The number of carbonyl (C=O) groups is 1. The Morgan fingerprint density at radius 3 is 2.67 bits per heavy atom. The van der Waals surface area contributed by atoms with E-state index in [0.29, 0.717) is 5.41 Å². The Labute approximate surface area is 92.3 Å². The molecule has 1 heteroatoms. The molecular formula is C14H20O. The third-order valence-electron chi connectivity index (χ3n) is 4.24. The third kappa shape index (κ3) is 1.80. The minimum Gasteiger partial charge on any atom is -0.295 e. The van der Waals surface area contributed by atoms with Crippen LogP contribution in [-0.2, 0) is 4.79 Å². The topological polar surface area (TPSA) is 17.1 Å². The van der Waals surface area contributed by atoms with E-state index >= 15 is 0 Å². The highest BCUT2D eigenvalue weighted by atomic mass is 16.1. The summed E-state index contributed by atoms with van der Waals surface area (Å²) in [5.74, 6) is 1.80. The van der Waals surface area contributed by atoms with Crippen molar-refractivity contribution < 1.29 is 4.79 Å². The molecule has 0 aliphatic heterocycles. The standard InChI is InChI=1S/C14H20O/c1-10(15)5-4-6-13-11-7-8-12(9-11)14(13,2)3/h4-6,11-12H,7-9H2,1-3H3/b5-4+,13-6-/t11-,12+/m0/s1. The van der Waals surface area contributed by atoms with Crippen LogP contribution < -0.4 is 0 Å². The molecule has 82 valence electrons. The predicted octanol–water partition coefficient (Wildman–Crippen LogP) is 3.51. The smallest absolute Gasteiger partial charge is 0.152 e. The van der Waals surface area contributed by atoms with Crippen molar-refractivity contribution in [1.29, 1.82) is 0 Å². The molecule has 0 aromatic carbocycles. The summed E-state index contributed by atoms with van der Waals surface area (Å²) in [6, 6.07) is 0. The highest BCUT2D eigenvalue weighted by Crippen LogP contribution is 2.58. The Bertz CT molecular complexity index is 333. The summed E-state index contributed by atoms with van der Waals surface area (Å²) in [4.78, 5) is 10.8. The fourth-order valence-corrected chi connectivity index (χ4v) is 3.32. The maximum Gasteiger partial charge on any atom is 0.152 e. The van der Waals surface area contributed by atoms with Crippen LogP contribution in [0.1, 0.15) is 40.0 Å². The molecule has 2 atom stereocenters. The first-order valence-corrected chi connectivity index (χ1v) is 5.91. The zero-order valence-corrected chi connectivity index (χ0v) is 9.92. The van der Waals surface area contributed by atoms with Gasteiger partial charge in [0.05, 0.1) is 0 Å². The number of rotatable bonds is 2. The van der Waals surface area contributed by atoms with E-state index in [-0.39, 0.29) is 5.78 Å². The first-order valence-electron chi connectivity index (χ1n) is 5.91. The average Bonchev–Trinajstić information content (AvgIpc) is 2.66. The normalized spacial score (nSPS) is 35.5. The molecule has 2 rings (SSSR count). The molecule has 2 bridgehead atoms. The van der Waals surface area contributed by atoms with Crippen molar-refractivity contribution in [3.63, 3.8) is 0 Å². The largest absolute Gasteiger partial charge is 0.295 e. The van der Waals surface area contributed by atoms with Crippen LogP contribution >= 0.6 is 0 Å². The summed E-state index contributed by atoms with van der Waals surface area (Å²) in [5, 5.41) is 0. The van der Waals surface area contributed by atoms with E-state index in [0.717, 1.165) is 11.8 Å². The highest BCUT2D eigenvalue weighted by molar-refractivity contribution is 5.87. The Morgan fingerprint density at radius 1 is 1.40 bits per heavy atom. The quantitative estimate of drug-likeness (QED) is 0.629. The predicted molar refractivity (Wildman–Crippen MR) is 62.5 cm³/mol. The van der Waals surface area contributed by atoms with Gasteiger partial charge in [-0.15, -0.1) is 0 Å². The highest BCUT2D eigenvalue weighted by Gasteiger charge is 2.48. The number of carbonyl (C=O) groups excluding carboxylic acids is 1. The first-order chi connectivity index (χ1) is 7.01. The van der Waals surface area contributed by atoms with E-state index in [1.54, 1.807) is 18.6 Å². The van der Waals surface area contributed by atoms with Gasteiger partial charge < -0.3 is 0 Å². The lowest BCUT2D eigenvalue weighted by Crippen LogP contribution is -2.22. The molecule has 0 spiro atoms. The fourth-order valence-electron chi connectivity index (χ4n) is 3.32. The minimum atomic E-state index is 0.132. The van der Waals surface area contributed by atoms with Crippen LogP contribution in [-0.4, -0.2) is 5.78 Å². The zero-order chi connectivity index (χ0) is 11.1. The van der Waals surface area contributed by atoms with Gasteiger partial charge in [-0.1, -0.05) is 31.6 Å². The summed E-state index contributed by atoms with van der Waals surface area (Å²) < 4.78 is 0. The van der Waals surface area contributed by atoms with Crippen LogP contribution in [0.15, 0.2) is 23.8 Å². The van der Waals surface area contributed by atoms with E-state index < -0.39 is 0 Å². The van der Waals surface area contributed by atoms with Crippen molar-refractivity contribution in [2.24, 2.45) is 17.3 Å². The van der Waals surface area contributed by atoms with Crippen LogP contribution in [0.5, 0.6) is 0 Å². The van der Waals surface area contributed by atoms with Gasteiger partial charge in [-0.05, 0) is 49.5 Å². The fraction of sp³-hybridized carbons (Fsp3) is 0.643. The monoisotopic (exact) mass is 204 g/mol. The Hall–Kier alpha value is -0.850. The maximum atomic E-state index is 10.8. The van der Waals surface area contributed by atoms with Crippen LogP contribution in [0.2, 0.25) is 0 Å². The lowest BCUT2D eigenvalue weighted by Gasteiger charge is -2.32. The molecule has 0 heterocycles. The molecule has 0 N–H and O–H groups in total. The molecule has 1 nitrogen and oxygen atoms in total. The number of hydrogen-bond acceptors (Lipinski definition) is 1. The van der Waals surface area contributed by atoms with Crippen LogP contribution in [0.4, 0.5) is 0 Å². The molecule has 15 heavy (non-hydrogen) atoms. The second-order valence-electron chi connectivity index (χ2n) is 5.52. The molecule has 2 aliphatic rings. The van der Waals surface area contributed by atoms with Crippen LogP contribution in [0.3, 0.4) is 0 Å². The van der Waals surface area contributed by atoms with E-state index in [1.165, 1.54) is 19.3 Å². The maximum absolute atomic E-state index is 10.8. The molecular weight excluding hydrogens is 184 g/mol. The molecule has 0 saturated heterocycles. The van der Waals surface area contributed by atoms with Crippen molar-refractivity contribution in [3.8, 4) is 0 Å². The lowest BCUT2D eigenvalue weighted by atomic mass is 9.72. The van der Waals surface area contributed by atoms with Gasteiger partial charge in [0.1, 0.15) is 0 Å². The van der Waals surface area contributed by atoms with E-state index in [2.05, 4.69) is 19.9 Å². The minimum absolute atomic E-state index is 0.132. The van der Waals surface area contributed by atoms with E-state index in [9.17, 15) is 4.79 Å². The van der Waals surface area contributed by atoms with Gasteiger partial charge in [0.15, 0.2) is 5.78 Å². The van der Waals surface area contributed by atoms with Crippen LogP contribution in [0.25, 0.3) is 0 Å². The molecule has 2 saturated carbocycles. The molecule has 0 radical (unpaired) electrons. The number of hydrogen-bond donors (Lipinski definition) is 0. The van der Waals surface area contributed by atoms with Gasteiger partial charge in [-0.3, -0.25) is 4.79 Å². The Morgan fingerprint density at radius 2 is 2.13 bits per heavy atom. The Kier molecular flexibility index (Phi) is 2.57. The third-order valence-corrected chi connectivity index (χ3v) is 4.24. The van der Waals surface area contributed by atoms with Gasteiger partial charge in [0.2, 0.25) is 0 Å². The summed E-state index contributed by atoms with van der Waals surface area (Å²) in [6.45, 7) is 6.30. The second-order valence-corrected chi connectivity index (χ2v) is 5.52. The SMILES string of the molecule is CC(=O)/C=C/C=C1/[C@H]2CC[C@H](C2)C1(C)C. The Balaban J connectivity index is 2.18. The summed E-state index contributed by atoms with van der Waals surface area (Å²) in [7, 11) is 0. The van der Waals surface area contributed by atoms with Crippen molar-refractivity contribution in [2.45, 2.75) is 40.0 Å². The van der Waals surface area contributed by atoms with Crippen LogP contribution in [0, 0.1) is 17.3 Å². The van der Waals surface area contributed by atoms with Gasteiger partial charge in [0.25, 0.3) is 0 Å². The number of allylic oxidation sites excluding steroid dienone is 4. The summed E-state index contributed by atoms with van der Waals surface area (Å²) in [6.07, 6.45) is 9.90. The van der Waals surface area contributed by atoms with E-state index in [1.807, 2.05) is 6.08 Å². The van der Waals surface area contributed by atoms with Crippen molar-refractivity contribution in [1.82, 2.24) is 0 Å². The molecule has 2 aliphatic carbocycles. The molecule has 0 unspecified atom stereocenters. The molecule has 0 aromatic rings. The molecule has 2 fully saturated rings. The summed E-state index contributed by atoms with van der Waals surface area (Å²) in [5.41, 5.74) is 1.93. The average molecular weight is 204 g/mol. The van der Waals surface area contributed by atoms with Crippen molar-refractivity contribution >= 4 is 5.78 Å². The number of ketones is 1. The molecule has 0 aromatic heterocycles. The second kappa shape index (κ2) is 3.62. The first kappa shape index (κ1) is 10.7. The zero-order valence-electron chi connectivity index (χ0n) is 9.92. The van der Waals surface area contributed by atoms with Crippen molar-refractivity contribution in [3.05, 3.63) is 23.8 Å². The lowest BCUT2D eigenvalue weighted by molar-refractivity contribution is -0.112. The van der Waals surface area contributed by atoms with Gasteiger partial charge >= 0.3 is 0 Å². The molecule has 0 amide bonds. The van der Waals surface area contributed by atoms with Gasteiger partial charge in [0, 0.05) is 0 Å². The van der Waals surface area contributed by atoms with Gasteiger partial charge in [-0.25, -0.2) is 0 Å².